The van der Waals surface area contributed by atoms with Gasteiger partial charge in [0.25, 0.3) is 0 Å². The van der Waals surface area contributed by atoms with Gasteiger partial charge in [0.1, 0.15) is 6.17 Å². The summed E-state index contributed by atoms with van der Waals surface area (Å²) in [6.07, 6.45) is 8.14. The average molecular weight is 692 g/mol. The van der Waals surface area contributed by atoms with Gasteiger partial charge >= 0.3 is 0 Å². The number of nitrogens with zero attached hydrogens (tertiary/aromatic N) is 1. The first kappa shape index (κ1) is 31.7. The third-order valence-corrected chi connectivity index (χ3v) is 10.8. The lowest BCUT2D eigenvalue weighted by Crippen LogP contribution is -2.24. The van der Waals surface area contributed by atoms with Crippen LogP contribution in [0.15, 0.2) is 199 Å². The molecule has 2 heterocycles. The number of fused-ring (bicyclic) bond motifs is 3. The van der Waals surface area contributed by atoms with E-state index in [0.29, 0.717) is 0 Å². The quantitative estimate of drug-likeness (QED) is 0.170. The Labute approximate surface area is 315 Å². The zero-order valence-electron chi connectivity index (χ0n) is 29.7. The van der Waals surface area contributed by atoms with Gasteiger partial charge in [-0.3, -0.25) is 4.99 Å². The molecule has 1 unspecified atom stereocenters. The first-order valence-electron chi connectivity index (χ1n) is 18.6. The number of dihydropyridines is 1. The van der Waals surface area contributed by atoms with E-state index in [2.05, 4.69) is 199 Å². The van der Waals surface area contributed by atoms with Crippen LogP contribution in [0.25, 0.3) is 65.8 Å². The van der Waals surface area contributed by atoms with Gasteiger partial charge in [-0.25, -0.2) is 0 Å². The number of hydrogen-bond donors (Lipinski definition) is 2. The summed E-state index contributed by atoms with van der Waals surface area (Å²) in [4.78, 5) is 5.30. The highest BCUT2D eigenvalue weighted by Crippen LogP contribution is 2.45. The van der Waals surface area contributed by atoms with Gasteiger partial charge in [-0.2, -0.15) is 0 Å². The van der Waals surface area contributed by atoms with Crippen LogP contribution < -0.4 is 10.6 Å². The Balaban J connectivity index is 1.07. The van der Waals surface area contributed by atoms with Gasteiger partial charge in [-0.15, -0.1) is 0 Å². The molecule has 2 aliphatic heterocycles. The number of benzene rings is 8. The molecular formula is C51H37N3. The summed E-state index contributed by atoms with van der Waals surface area (Å²) in [6, 6.07) is 61.5. The van der Waals surface area contributed by atoms with E-state index in [1.54, 1.807) is 0 Å². The fourth-order valence-corrected chi connectivity index (χ4v) is 8.15. The highest BCUT2D eigenvalue weighted by atomic mass is 15.1. The summed E-state index contributed by atoms with van der Waals surface area (Å²) < 4.78 is 0. The molecule has 0 spiro atoms. The fourth-order valence-electron chi connectivity index (χ4n) is 8.15. The molecule has 0 radical (unpaired) electrons. The van der Waals surface area contributed by atoms with Gasteiger partial charge in [0.2, 0.25) is 0 Å². The SMILES string of the molecule is C1=CNCC(c2ccc(C3=NC(c4ccc(-c5c6ccccc6c(-c6cccc7ccccc67)c6ccccc56)cc4)NC(c4ccccc4)=C3)cc2)=C1. The lowest BCUT2D eigenvalue weighted by Gasteiger charge is -2.25. The van der Waals surface area contributed by atoms with Gasteiger partial charge in [-0.05, 0) is 101 Å². The third-order valence-electron chi connectivity index (χ3n) is 10.8. The Hall–Kier alpha value is -6.97. The molecule has 8 aromatic carbocycles. The van der Waals surface area contributed by atoms with Crippen LogP contribution in [-0.4, -0.2) is 12.3 Å². The molecule has 0 aromatic heterocycles. The minimum atomic E-state index is -0.244. The van der Waals surface area contributed by atoms with Crippen molar-refractivity contribution in [3.8, 4) is 22.3 Å². The molecular weight excluding hydrogens is 655 g/mol. The molecule has 0 aliphatic carbocycles. The van der Waals surface area contributed by atoms with Crippen molar-refractivity contribution in [2.24, 2.45) is 4.99 Å². The molecule has 10 rings (SSSR count). The van der Waals surface area contributed by atoms with E-state index in [1.165, 1.54) is 65.7 Å². The van der Waals surface area contributed by atoms with Crippen molar-refractivity contribution in [3.05, 3.63) is 217 Å². The van der Waals surface area contributed by atoms with Crippen LogP contribution in [0.3, 0.4) is 0 Å². The average Bonchev–Trinajstić information content (AvgIpc) is 3.26. The van der Waals surface area contributed by atoms with Crippen molar-refractivity contribution in [3.63, 3.8) is 0 Å². The zero-order chi connectivity index (χ0) is 35.8. The van der Waals surface area contributed by atoms with E-state index < -0.39 is 0 Å². The standard InChI is InChI=1S/C51H37N3/c1-2-13-36(14-3-1)47-32-48(37-25-23-34(24-26-37)40-16-11-31-52-33-40)54-51(53-47)39-29-27-38(28-30-39)49-43-18-6-8-20-45(43)50(46-21-9-7-19-44(46)49)42-22-10-15-35-12-4-5-17-41(35)42/h1-32,51-53H,33H2. The van der Waals surface area contributed by atoms with E-state index in [1.807, 2.05) is 6.20 Å². The molecule has 54 heavy (non-hydrogen) atoms. The molecule has 0 saturated heterocycles. The molecule has 0 bridgehead atoms. The van der Waals surface area contributed by atoms with Crippen LogP contribution in [0.5, 0.6) is 0 Å². The molecule has 256 valence electrons. The number of nitrogens with one attached hydrogen (secondary N) is 2. The van der Waals surface area contributed by atoms with Crippen LogP contribution in [0, 0.1) is 0 Å². The molecule has 0 amide bonds. The highest BCUT2D eigenvalue weighted by Gasteiger charge is 2.22. The van der Waals surface area contributed by atoms with Crippen molar-refractivity contribution in [2.45, 2.75) is 6.17 Å². The van der Waals surface area contributed by atoms with E-state index >= 15 is 0 Å². The molecule has 2 N–H and O–H groups in total. The van der Waals surface area contributed by atoms with Crippen molar-refractivity contribution in [2.75, 3.05) is 6.54 Å². The molecule has 3 nitrogen and oxygen atoms in total. The summed E-state index contributed by atoms with van der Waals surface area (Å²) in [5, 5.41) is 14.6. The van der Waals surface area contributed by atoms with Gasteiger partial charge in [0, 0.05) is 12.2 Å². The Morgan fingerprint density at radius 3 is 1.76 bits per heavy atom. The minimum Gasteiger partial charge on any atom is -0.387 e. The topological polar surface area (TPSA) is 36.4 Å². The summed E-state index contributed by atoms with van der Waals surface area (Å²) >= 11 is 0. The highest BCUT2D eigenvalue weighted by molar-refractivity contribution is 6.23. The van der Waals surface area contributed by atoms with Gasteiger partial charge < -0.3 is 10.6 Å². The second-order valence-corrected chi connectivity index (χ2v) is 14.0. The van der Waals surface area contributed by atoms with E-state index in [9.17, 15) is 0 Å². The number of allylic oxidation sites excluding steroid dienone is 3. The van der Waals surface area contributed by atoms with Crippen LogP contribution in [-0.2, 0) is 0 Å². The first-order valence-corrected chi connectivity index (χ1v) is 18.6. The predicted molar refractivity (Wildman–Crippen MR) is 228 cm³/mol. The Morgan fingerprint density at radius 2 is 1.07 bits per heavy atom. The van der Waals surface area contributed by atoms with Crippen LogP contribution in [0.4, 0.5) is 0 Å². The summed E-state index contributed by atoms with van der Waals surface area (Å²) in [5.74, 6) is 0. The largest absolute Gasteiger partial charge is 0.387 e. The minimum absolute atomic E-state index is 0.244. The maximum absolute atomic E-state index is 5.30. The van der Waals surface area contributed by atoms with Gasteiger partial charge in [0.05, 0.1) is 5.71 Å². The Morgan fingerprint density at radius 1 is 0.481 bits per heavy atom. The Kier molecular flexibility index (Phi) is 7.96. The Bertz CT molecular complexity index is 2760. The molecule has 1 atom stereocenters. The van der Waals surface area contributed by atoms with Crippen molar-refractivity contribution >= 4 is 49.3 Å². The van der Waals surface area contributed by atoms with Crippen LogP contribution >= 0.6 is 0 Å². The first-order chi connectivity index (χ1) is 26.8. The summed E-state index contributed by atoms with van der Waals surface area (Å²) in [5.41, 5.74) is 12.8. The van der Waals surface area contributed by atoms with E-state index in [4.69, 9.17) is 4.99 Å². The third kappa shape index (κ3) is 5.67. The summed E-state index contributed by atoms with van der Waals surface area (Å²) in [6.45, 7) is 0.830. The molecule has 0 saturated carbocycles. The fraction of sp³-hybridized carbons (Fsp3) is 0.0392. The van der Waals surface area contributed by atoms with E-state index in [0.717, 1.165) is 34.6 Å². The van der Waals surface area contributed by atoms with Crippen molar-refractivity contribution in [1.29, 1.82) is 0 Å². The summed E-state index contributed by atoms with van der Waals surface area (Å²) in [7, 11) is 0. The van der Waals surface area contributed by atoms with Crippen molar-refractivity contribution in [1.82, 2.24) is 10.6 Å². The van der Waals surface area contributed by atoms with Crippen LogP contribution in [0.2, 0.25) is 0 Å². The maximum atomic E-state index is 5.30. The maximum Gasteiger partial charge on any atom is 0.145 e. The van der Waals surface area contributed by atoms with E-state index in [-0.39, 0.29) is 6.17 Å². The smallest absolute Gasteiger partial charge is 0.145 e. The monoisotopic (exact) mass is 691 g/mol. The van der Waals surface area contributed by atoms with Crippen molar-refractivity contribution < 1.29 is 0 Å². The second kappa shape index (κ2) is 13.5. The number of rotatable bonds is 6. The molecule has 3 heteroatoms. The van der Waals surface area contributed by atoms with Gasteiger partial charge in [-0.1, -0.05) is 176 Å². The zero-order valence-corrected chi connectivity index (χ0v) is 29.7. The normalized spacial score (nSPS) is 15.3. The lowest BCUT2D eigenvalue weighted by atomic mass is 9.84. The lowest BCUT2D eigenvalue weighted by molar-refractivity contribution is 0.664. The molecule has 2 aliphatic rings. The molecule has 0 fully saturated rings. The number of hydrogen-bond acceptors (Lipinski definition) is 3. The number of aliphatic imine (C=N–C) groups is 1. The van der Waals surface area contributed by atoms with Gasteiger partial charge in [0.15, 0.2) is 0 Å². The molecule has 8 aromatic rings. The second-order valence-electron chi connectivity index (χ2n) is 14.0. The van der Waals surface area contributed by atoms with Crippen LogP contribution in [0.1, 0.15) is 28.4 Å². The predicted octanol–water partition coefficient (Wildman–Crippen LogP) is 12.1.